The van der Waals surface area contributed by atoms with Gasteiger partial charge in [0.1, 0.15) is 0 Å². The standard InChI is InChI=1S/C17H16N4O6S2/c1-11(22)19-13-3-7-15(8-4-13)28(24,25)17(21-18)29(26,27)16-9-5-14(6-10-16)20-12(2)23/h3-10H,1-2H3,(H,19,22)(H,20,23). The number of carbonyl (C=O) groups excluding carboxylic acids is 2. The molecule has 0 aliphatic rings. The lowest BCUT2D eigenvalue weighted by atomic mass is 10.3. The molecule has 10 nitrogen and oxygen atoms in total. The number of hydrogen-bond acceptors (Lipinski definition) is 6. The van der Waals surface area contributed by atoms with Gasteiger partial charge in [-0.15, -0.1) is 4.79 Å². The van der Waals surface area contributed by atoms with Crippen LogP contribution in [0.1, 0.15) is 13.8 Å². The first-order valence-corrected chi connectivity index (χ1v) is 10.9. The topological polar surface area (TPSA) is 163 Å². The lowest BCUT2D eigenvalue weighted by molar-refractivity contribution is -0.115. The molecule has 0 heterocycles. The SMILES string of the molecule is CC(=O)Nc1ccc(S(=O)(=O)C(=[N+]=[N-])S(=O)(=O)c2ccc(NC(C)=O)cc2)cc1. The van der Waals surface area contributed by atoms with E-state index < -0.39 is 33.8 Å². The fourth-order valence-corrected chi connectivity index (χ4v) is 5.63. The predicted octanol–water partition coefficient (Wildman–Crippen LogP) is 1.44. The first kappa shape index (κ1) is 22.0. The summed E-state index contributed by atoms with van der Waals surface area (Å²) >= 11 is 0. The molecule has 0 spiro atoms. The van der Waals surface area contributed by atoms with E-state index in [2.05, 4.69) is 15.4 Å². The highest BCUT2D eigenvalue weighted by Gasteiger charge is 2.43. The van der Waals surface area contributed by atoms with Crippen molar-refractivity contribution in [2.45, 2.75) is 23.6 Å². The van der Waals surface area contributed by atoms with Crippen LogP contribution in [-0.2, 0) is 29.3 Å². The van der Waals surface area contributed by atoms with Gasteiger partial charge in [0.25, 0.3) is 19.7 Å². The van der Waals surface area contributed by atoms with Crippen LogP contribution in [0.3, 0.4) is 0 Å². The summed E-state index contributed by atoms with van der Waals surface area (Å²) in [7, 11) is -9.40. The van der Waals surface area contributed by atoms with Crippen LogP contribution in [0, 0.1) is 0 Å². The maximum absolute atomic E-state index is 12.7. The molecule has 0 aliphatic carbocycles. The smallest absolute Gasteiger partial charge is 0.359 e. The van der Waals surface area contributed by atoms with E-state index in [1.807, 2.05) is 0 Å². The van der Waals surface area contributed by atoms with Crippen molar-refractivity contribution in [1.29, 1.82) is 0 Å². The first-order chi connectivity index (χ1) is 13.5. The van der Waals surface area contributed by atoms with Gasteiger partial charge in [-0.3, -0.25) is 9.59 Å². The number of benzene rings is 2. The van der Waals surface area contributed by atoms with E-state index in [9.17, 15) is 32.0 Å². The maximum Gasteiger partial charge on any atom is 0.504 e. The highest BCUT2D eigenvalue weighted by molar-refractivity contribution is 8.31. The van der Waals surface area contributed by atoms with Crippen LogP contribution in [-0.4, -0.2) is 37.8 Å². The van der Waals surface area contributed by atoms with Crippen LogP contribution in [0.2, 0.25) is 0 Å². The summed E-state index contributed by atoms with van der Waals surface area (Å²) in [6.45, 7) is 2.54. The zero-order chi connectivity index (χ0) is 21.8. The maximum atomic E-state index is 12.7. The van der Waals surface area contributed by atoms with E-state index >= 15 is 0 Å². The van der Waals surface area contributed by atoms with Crippen molar-refractivity contribution in [1.82, 2.24) is 0 Å². The molecule has 152 valence electrons. The number of sulfone groups is 2. The van der Waals surface area contributed by atoms with Crippen LogP contribution >= 0.6 is 0 Å². The molecule has 0 saturated carbocycles. The van der Waals surface area contributed by atoms with Gasteiger partial charge in [-0.05, 0) is 48.5 Å². The van der Waals surface area contributed by atoms with Gasteiger partial charge in [0.2, 0.25) is 11.8 Å². The molecular weight excluding hydrogens is 420 g/mol. The van der Waals surface area contributed by atoms with E-state index in [4.69, 9.17) is 0 Å². The average molecular weight is 436 g/mol. The van der Waals surface area contributed by atoms with Crippen LogP contribution < -0.4 is 10.6 Å². The normalized spacial score (nSPS) is 11.2. The Kier molecular flexibility index (Phi) is 6.32. The summed E-state index contributed by atoms with van der Waals surface area (Å²) in [6, 6.07) is 9.33. The van der Waals surface area contributed by atoms with Crippen molar-refractivity contribution in [3.05, 3.63) is 54.1 Å². The predicted molar refractivity (Wildman–Crippen MR) is 104 cm³/mol. The summed E-state index contributed by atoms with van der Waals surface area (Å²) in [6.07, 6.45) is 0. The molecule has 0 unspecified atom stereocenters. The monoisotopic (exact) mass is 436 g/mol. The molecule has 2 amide bonds. The molecule has 0 saturated heterocycles. The number of anilines is 2. The highest BCUT2D eigenvalue weighted by Crippen LogP contribution is 2.23. The van der Waals surface area contributed by atoms with Crippen LogP contribution in [0.5, 0.6) is 0 Å². The van der Waals surface area contributed by atoms with Gasteiger partial charge in [-0.1, -0.05) is 0 Å². The van der Waals surface area contributed by atoms with Crippen molar-refractivity contribution in [2.24, 2.45) is 0 Å². The quantitative estimate of drug-likeness (QED) is 0.319. The molecule has 2 N–H and O–H groups in total. The number of rotatable bonds is 4. The van der Waals surface area contributed by atoms with Crippen LogP contribution in [0.4, 0.5) is 11.4 Å². The molecule has 0 aromatic heterocycles. The van der Waals surface area contributed by atoms with E-state index in [1.54, 1.807) is 0 Å². The number of amides is 2. The highest BCUT2D eigenvalue weighted by atomic mass is 32.3. The van der Waals surface area contributed by atoms with E-state index in [1.165, 1.54) is 38.1 Å². The van der Waals surface area contributed by atoms with E-state index in [0.717, 1.165) is 24.3 Å². The minimum Gasteiger partial charge on any atom is -0.359 e. The van der Waals surface area contributed by atoms with Crippen molar-refractivity contribution in [3.63, 3.8) is 0 Å². The van der Waals surface area contributed by atoms with E-state index in [0.29, 0.717) is 11.4 Å². The summed E-state index contributed by atoms with van der Waals surface area (Å²) < 4.78 is 49.4. The zero-order valence-electron chi connectivity index (χ0n) is 15.3. The van der Waals surface area contributed by atoms with Gasteiger partial charge in [-0.25, -0.2) is 16.8 Å². The Morgan fingerprint density at radius 2 is 1.03 bits per heavy atom. The largest absolute Gasteiger partial charge is 0.504 e. The van der Waals surface area contributed by atoms with Gasteiger partial charge in [-0.2, -0.15) is 0 Å². The van der Waals surface area contributed by atoms with Crippen molar-refractivity contribution < 1.29 is 31.2 Å². The minimum absolute atomic E-state index is 0.301. The lowest BCUT2D eigenvalue weighted by Gasteiger charge is -2.06. The third kappa shape index (κ3) is 4.93. The summed E-state index contributed by atoms with van der Waals surface area (Å²) in [4.78, 5) is 23.7. The Morgan fingerprint density at radius 1 is 0.724 bits per heavy atom. The third-order valence-corrected chi connectivity index (χ3v) is 7.70. The third-order valence-electron chi connectivity index (χ3n) is 3.51. The Morgan fingerprint density at radius 3 is 1.28 bits per heavy atom. The minimum atomic E-state index is -4.70. The number of nitrogens with zero attached hydrogens (tertiary/aromatic N) is 2. The van der Waals surface area contributed by atoms with Crippen LogP contribution in [0.15, 0.2) is 58.3 Å². The van der Waals surface area contributed by atoms with Gasteiger partial charge in [0.05, 0.1) is 9.79 Å². The number of carbonyl (C=O) groups is 2. The Hall–Kier alpha value is -3.34. The fraction of sp³-hybridized carbons (Fsp3) is 0.118. The molecule has 0 aliphatic heterocycles. The second-order valence-electron chi connectivity index (χ2n) is 5.78. The molecule has 29 heavy (non-hydrogen) atoms. The first-order valence-electron chi connectivity index (χ1n) is 7.96. The molecular formula is C17H16N4O6S2. The number of hydrogen-bond donors (Lipinski definition) is 2. The summed E-state index contributed by atoms with van der Waals surface area (Å²) in [5, 5.41) is 4.88. The molecule has 12 heteroatoms. The second-order valence-corrected chi connectivity index (χ2v) is 9.77. The summed E-state index contributed by atoms with van der Waals surface area (Å²) in [5.74, 6) is -0.744. The molecule has 0 fully saturated rings. The zero-order valence-corrected chi connectivity index (χ0v) is 16.9. The Bertz CT molecular complexity index is 1120. The van der Waals surface area contributed by atoms with Crippen molar-refractivity contribution >= 4 is 47.2 Å². The van der Waals surface area contributed by atoms with Gasteiger partial charge >= 0.3 is 4.38 Å². The average Bonchev–Trinajstić information content (AvgIpc) is 2.61. The number of nitrogens with one attached hydrogen (secondary N) is 2. The van der Waals surface area contributed by atoms with Crippen molar-refractivity contribution in [2.75, 3.05) is 10.6 Å². The van der Waals surface area contributed by atoms with E-state index in [-0.39, 0.29) is 11.8 Å². The van der Waals surface area contributed by atoms with Crippen molar-refractivity contribution in [3.8, 4) is 0 Å². The van der Waals surface area contributed by atoms with Gasteiger partial charge in [0.15, 0.2) is 0 Å². The molecule has 0 atom stereocenters. The van der Waals surface area contributed by atoms with Crippen LogP contribution in [0.25, 0.3) is 5.53 Å². The Labute approximate surface area is 167 Å². The second kappa shape index (κ2) is 8.35. The molecule has 2 aromatic carbocycles. The lowest BCUT2D eigenvalue weighted by Crippen LogP contribution is -2.26. The molecule has 2 aromatic rings. The molecule has 0 radical (unpaired) electrons. The van der Waals surface area contributed by atoms with Gasteiger partial charge < -0.3 is 16.2 Å². The van der Waals surface area contributed by atoms with Gasteiger partial charge in [0, 0.05) is 25.2 Å². The summed E-state index contributed by atoms with van der Waals surface area (Å²) in [5.41, 5.74) is 9.79. The Balaban J connectivity index is 2.43. The fourth-order valence-electron chi connectivity index (χ4n) is 2.29. The molecule has 0 bridgehead atoms. The molecule has 2 rings (SSSR count).